The predicted molar refractivity (Wildman–Crippen MR) is 74.5 cm³/mol. The Hall–Kier alpha value is -0.140. The second-order valence-corrected chi connectivity index (χ2v) is 9.07. The van der Waals surface area contributed by atoms with Gasteiger partial charge in [0.15, 0.2) is 0 Å². The zero-order chi connectivity index (χ0) is 14.1. The highest BCUT2D eigenvalue weighted by Gasteiger charge is 2.69. The van der Waals surface area contributed by atoms with Gasteiger partial charge in [0.05, 0.1) is 0 Å². The summed E-state index contributed by atoms with van der Waals surface area (Å²) in [6.07, 6.45) is 5.13. The smallest absolute Gasteiger partial charge is 0.112 e. The van der Waals surface area contributed by atoms with E-state index in [1.54, 1.807) is 0 Å². The third-order valence-electron chi connectivity index (χ3n) is 5.77. The van der Waals surface area contributed by atoms with Crippen LogP contribution in [0, 0.1) is 28.6 Å². The summed E-state index contributed by atoms with van der Waals surface area (Å²) in [5, 5.41) is 0. The molecular formula is C17H28F2. The van der Waals surface area contributed by atoms with E-state index in [-0.39, 0.29) is 11.3 Å². The van der Waals surface area contributed by atoms with Crippen LogP contribution in [0.15, 0.2) is 0 Å². The molecule has 3 unspecified atom stereocenters. The highest BCUT2D eigenvalue weighted by atomic mass is 19.1. The molecule has 0 spiro atoms. The quantitative estimate of drug-likeness (QED) is 0.613. The van der Waals surface area contributed by atoms with E-state index < -0.39 is 11.8 Å². The van der Waals surface area contributed by atoms with Gasteiger partial charge in [-0.3, -0.25) is 0 Å². The predicted octanol–water partition coefficient (Wildman–Crippen LogP) is 5.32. The SMILES string of the molecule is CC(C)C(F)C1CC1CC(C)(C)CC12CC(F)(C1)C2. The molecule has 4 fully saturated rings. The Morgan fingerprint density at radius 2 is 1.79 bits per heavy atom. The highest BCUT2D eigenvalue weighted by molar-refractivity contribution is 5.19. The summed E-state index contributed by atoms with van der Waals surface area (Å²) in [6, 6.07) is 0. The molecule has 4 saturated carbocycles. The van der Waals surface area contributed by atoms with Crippen LogP contribution in [0.2, 0.25) is 0 Å². The lowest BCUT2D eigenvalue weighted by molar-refractivity contribution is -0.228. The summed E-state index contributed by atoms with van der Waals surface area (Å²) in [4.78, 5) is 0. The van der Waals surface area contributed by atoms with Crippen LogP contribution in [-0.2, 0) is 0 Å². The number of alkyl halides is 2. The van der Waals surface area contributed by atoms with Crippen molar-refractivity contribution in [1.29, 1.82) is 0 Å². The van der Waals surface area contributed by atoms with Crippen molar-refractivity contribution in [1.82, 2.24) is 0 Å². The van der Waals surface area contributed by atoms with Gasteiger partial charge in [-0.15, -0.1) is 0 Å². The van der Waals surface area contributed by atoms with E-state index in [2.05, 4.69) is 13.8 Å². The van der Waals surface area contributed by atoms with Crippen molar-refractivity contribution < 1.29 is 8.78 Å². The van der Waals surface area contributed by atoms with E-state index in [0.29, 0.717) is 17.3 Å². The van der Waals surface area contributed by atoms with Crippen molar-refractivity contribution in [3.63, 3.8) is 0 Å². The van der Waals surface area contributed by atoms with Gasteiger partial charge in [-0.25, -0.2) is 8.78 Å². The summed E-state index contributed by atoms with van der Waals surface area (Å²) in [5.74, 6) is 1.04. The van der Waals surface area contributed by atoms with E-state index in [1.165, 1.54) is 0 Å². The van der Waals surface area contributed by atoms with Crippen LogP contribution >= 0.6 is 0 Å². The molecule has 0 aromatic heterocycles. The summed E-state index contributed by atoms with van der Waals surface area (Å²) in [7, 11) is 0. The maximum Gasteiger partial charge on any atom is 0.112 e. The molecule has 0 saturated heterocycles. The molecule has 4 aliphatic carbocycles. The first-order valence-corrected chi connectivity index (χ1v) is 7.97. The minimum atomic E-state index is -0.778. The largest absolute Gasteiger partial charge is 0.247 e. The van der Waals surface area contributed by atoms with Crippen molar-refractivity contribution in [3.8, 4) is 0 Å². The maximum atomic E-state index is 14.0. The molecular weight excluding hydrogens is 242 g/mol. The lowest BCUT2D eigenvalue weighted by atomic mass is 9.39. The highest BCUT2D eigenvalue weighted by Crippen LogP contribution is 2.73. The first-order valence-electron chi connectivity index (χ1n) is 7.97. The van der Waals surface area contributed by atoms with E-state index in [1.807, 2.05) is 13.8 Å². The average molecular weight is 270 g/mol. The second kappa shape index (κ2) is 3.95. The molecule has 4 rings (SSSR count). The van der Waals surface area contributed by atoms with Gasteiger partial charge in [0, 0.05) is 0 Å². The Morgan fingerprint density at radius 3 is 2.26 bits per heavy atom. The Morgan fingerprint density at radius 1 is 1.21 bits per heavy atom. The molecule has 4 aliphatic rings. The molecule has 2 heteroatoms. The number of halogens is 2. The molecule has 0 radical (unpaired) electrons. The summed E-state index contributed by atoms with van der Waals surface area (Å²) in [5.41, 5.74) is -0.187. The van der Waals surface area contributed by atoms with Crippen LogP contribution in [0.4, 0.5) is 8.78 Å². The zero-order valence-electron chi connectivity index (χ0n) is 12.8. The first-order chi connectivity index (χ1) is 8.64. The van der Waals surface area contributed by atoms with Crippen LogP contribution in [0.3, 0.4) is 0 Å². The fourth-order valence-corrected chi connectivity index (χ4v) is 5.24. The van der Waals surface area contributed by atoms with Crippen LogP contribution in [0.25, 0.3) is 0 Å². The standard InChI is InChI=1S/C17H28F2/c1-11(2)14(18)13-5-12(13)6-15(3,4)7-16-8-17(19,9-16)10-16/h11-14H,5-10H2,1-4H3. The zero-order valence-corrected chi connectivity index (χ0v) is 12.8. The van der Waals surface area contributed by atoms with Gasteiger partial charge in [0.25, 0.3) is 0 Å². The van der Waals surface area contributed by atoms with E-state index >= 15 is 0 Å². The van der Waals surface area contributed by atoms with Crippen LogP contribution in [0.1, 0.15) is 66.2 Å². The Labute approximate surface area is 116 Å². The van der Waals surface area contributed by atoms with E-state index in [0.717, 1.165) is 38.5 Å². The van der Waals surface area contributed by atoms with Gasteiger partial charge >= 0.3 is 0 Å². The normalized spacial score (nSPS) is 45.6. The molecule has 110 valence electrons. The first kappa shape index (κ1) is 13.8. The van der Waals surface area contributed by atoms with Crippen molar-refractivity contribution in [2.45, 2.75) is 78.1 Å². The molecule has 3 atom stereocenters. The fourth-order valence-electron chi connectivity index (χ4n) is 5.24. The van der Waals surface area contributed by atoms with Gasteiger partial charge in [-0.2, -0.15) is 0 Å². The number of hydrogen-bond acceptors (Lipinski definition) is 0. The van der Waals surface area contributed by atoms with Crippen molar-refractivity contribution in [2.24, 2.45) is 28.6 Å². The van der Waals surface area contributed by atoms with Gasteiger partial charge < -0.3 is 0 Å². The molecule has 0 amide bonds. The average Bonchev–Trinajstić information content (AvgIpc) is 2.90. The summed E-state index contributed by atoms with van der Waals surface area (Å²) in [6.45, 7) is 8.56. The summed E-state index contributed by atoms with van der Waals surface area (Å²) >= 11 is 0. The fraction of sp³-hybridized carbons (Fsp3) is 1.00. The molecule has 2 bridgehead atoms. The molecule has 0 aromatic carbocycles. The second-order valence-electron chi connectivity index (χ2n) is 9.07. The monoisotopic (exact) mass is 270 g/mol. The topological polar surface area (TPSA) is 0 Å². The maximum absolute atomic E-state index is 14.0. The number of hydrogen-bond donors (Lipinski definition) is 0. The van der Waals surface area contributed by atoms with Crippen LogP contribution < -0.4 is 0 Å². The van der Waals surface area contributed by atoms with Gasteiger partial charge in [0.1, 0.15) is 11.8 Å². The van der Waals surface area contributed by atoms with Crippen LogP contribution in [-0.4, -0.2) is 11.8 Å². The molecule has 0 aliphatic heterocycles. The Kier molecular flexibility index (Phi) is 2.87. The minimum absolute atomic E-state index is 0.155. The van der Waals surface area contributed by atoms with Gasteiger partial charge in [-0.05, 0) is 67.1 Å². The molecule has 0 nitrogen and oxygen atoms in total. The Bertz CT molecular complexity index is 352. The van der Waals surface area contributed by atoms with Gasteiger partial charge in [0.2, 0.25) is 0 Å². The lowest BCUT2D eigenvalue weighted by Crippen LogP contribution is -2.65. The number of rotatable bonds is 6. The molecule has 0 N–H and O–H groups in total. The van der Waals surface area contributed by atoms with Crippen molar-refractivity contribution in [2.75, 3.05) is 0 Å². The van der Waals surface area contributed by atoms with Crippen LogP contribution in [0.5, 0.6) is 0 Å². The van der Waals surface area contributed by atoms with Gasteiger partial charge in [-0.1, -0.05) is 27.7 Å². The Balaban J connectivity index is 1.48. The third kappa shape index (κ3) is 2.45. The minimum Gasteiger partial charge on any atom is -0.247 e. The van der Waals surface area contributed by atoms with Crippen molar-refractivity contribution >= 4 is 0 Å². The summed E-state index contributed by atoms with van der Waals surface area (Å²) < 4.78 is 27.5. The third-order valence-corrected chi connectivity index (χ3v) is 5.77. The molecule has 0 aromatic rings. The lowest BCUT2D eigenvalue weighted by Gasteiger charge is -2.68. The van der Waals surface area contributed by atoms with E-state index in [4.69, 9.17) is 0 Å². The molecule has 0 heterocycles. The molecule has 19 heavy (non-hydrogen) atoms. The van der Waals surface area contributed by atoms with E-state index in [9.17, 15) is 8.78 Å². The van der Waals surface area contributed by atoms with Crippen molar-refractivity contribution in [3.05, 3.63) is 0 Å².